The molecular weight excluding hydrogens is 226 g/mol. The van der Waals surface area contributed by atoms with Gasteiger partial charge in [-0.05, 0) is 61.6 Å². The van der Waals surface area contributed by atoms with Crippen molar-refractivity contribution in [2.75, 3.05) is 6.54 Å². The fourth-order valence-corrected chi connectivity index (χ4v) is 3.78. The van der Waals surface area contributed by atoms with Gasteiger partial charge in [-0.3, -0.25) is 0 Å². The molecule has 1 aliphatic carbocycles. The lowest BCUT2D eigenvalue weighted by Crippen LogP contribution is -2.27. The van der Waals surface area contributed by atoms with Crippen LogP contribution in [0.3, 0.4) is 0 Å². The Balaban J connectivity index is 2.07. The molecule has 0 spiro atoms. The van der Waals surface area contributed by atoms with E-state index in [2.05, 4.69) is 37.5 Å². The van der Waals surface area contributed by atoms with Gasteiger partial charge in [-0.1, -0.05) is 20.3 Å². The highest BCUT2D eigenvalue weighted by molar-refractivity contribution is 7.10. The van der Waals surface area contributed by atoms with Crippen LogP contribution in [0.4, 0.5) is 0 Å². The van der Waals surface area contributed by atoms with Crippen molar-refractivity contribution in [3.8, 4) is 0 Å². The van der Waals surface area contributed by atoms with E-state index < -0.39 is 0 Å². The zero-order valence-electron chi connectivity index (χ0n) is 11.3. The van der Waals surface area contributed by atoms with Gasteiger partial charge in [0, 0.05) is 10.9 Å². The molecule has 3 unspecified atom stereocenters. The Hall–Kier alpha value is -0.340. The highest BCUT2D eigenvalue weighted by atomic mass is 32.1. The highest BCUT2D eigenvalue weighted by Crippen LogP contribution is 2.39. The molecule has 0 radical (unpaired) electrons. The Kier molecular flexibility index (Phi) is 4.63. The monoisotopic (exact) mass is 251 g/mol. The Morgan fingerprint density at radius 2 is 2.29 bits per heavy atom. The molecule has 96 valence electrons. The molecule has 0 aliphatic heterocycles. The molecule has 1 aliphatic rings. The van der Waals surface area contributed by atoms with Crippen LogP contribution in [0.5, 0.6) is 0 Å². The predicted octanol–water partition coefficient (Wildman–Crippen LogP) is 4.53. The molecule has 1 fully saturated rings. The summed E-state index contributed by atoms with van der Waals surface area (Å²) in [7, 11) is 0. The van der Waals surface area contributed by atoms with Crippen LogP contribution in [0.15, 0.2) is 11.4 Å². The Morgan fingerprint density at radius 1 is 1.47 bits per heavy atom. The van der Waals surface area contributed by atoms with E-state index in [1.807, 2.05) is 11.3 Å². The van der Waals surface area contributed by atoms with Gasteiger partial charge in [0.05, 0.1) is 0 Å². The van der Waals surface area contributed by atoms with E-state index in [4.69, 9.17) is 0 Å². The Labute approximate surface area is 110 Å². The van der Waals surface area contributed by atoms with Gasteiger partial charge in [0.2, 0.25) is 0 Å². The summed E-state index contributed by atoms with van der Waals surface area (Å²) in [5.74, 6) is 1.77. The quantitative estimate of drug-likeness (QED) is 0.810. The minimum atomic E-state index is 0.602. The highest BCUT2D eigenvalue weighted by Gasteiger charge is 2.29. The number of nitrogens with one attached hydrogen (secondary N) is 1. The fraction of sp³-hybridized carbons (Fsp3) is 0.733. The SMILES string of the molecule is CCCNC(c1csc(C)c1)C1CCC(C)C1. The Bertz CT molecular complexity index is 344. The molecule has 1 N–H and O–H groups in total. The van der Waals surface area contributed by atoms with Crippen molar-refractivity contribution < 1.29 is 0 Å². The third-order valence-electron chi connectivity index (χ3n) is 3.93. The van der Waals surface area contributed by atoms with Crippen LogP contribution < -0.4 is 5.32 Å². The van der Waals surface area contributed by atoms with E-state index in [0.717, 1.165) is 18.4 Å². The van der Waals surface area contributed by atoms with Gasteiger partial charge >= 0.3 is 0 Å². The van der Waals surface area contributed by atoms with Crippen LogP contribution in [-0.2, 0) is 0 Å². The van der Waals surface area contributed by atoms with E-state index in [1.165, 1.54) is 36.1 Å². The first-order valence-electron chi connectivity index (χ1n) is 6.99. The number of aryl methyl sites for hydroxylation is 1. The zero-order chi connectivity index (χ0) is 12.3. The van der Waals surface area contributed by atoms with E-state index >= 15 is 0 Å². The molecule has 1 nitrogen and oxygen atoms in total. The van der Waals surface area contributed by atoms with Crippen molar-refractivity contribution in [3.63, 3.8) is 0 Å². The van der Waals surface area contributed by atoms with E-state index in [0.29, 0.717) is 6.04 Å². The molecule has 3 atom stereocenters. The van der Waals surface area contributed by atoms with E-state index in [9.17, 15) is 0 Å². The molecule has 0 saturated heterocycles. The Morgan fingerprint density at radius 3 is 2.82 bits per heavy atom. The summed E-state index contributed by atoms with van der Waals surface area (Å²) in [6, 6.07) is 2.98. The second-order valence-electron chi connectivity index (χ2n) is 5.60. The largest absolute Gasteiger partial charge is 0.310 e. The molecule has 2 heteroatoms. The molecule has 17 heavy (non-hydrogen) atoms. The number of rotatable bonds is 5. The lowest BCUT2D eigenvalue weighted by Gasteiger charge is -2.24. The summed E-state index contributed by atoms with van der Waals surface area (Å²) in [5.41, 5.74) is 1.53. The standard InChI is InChI=1S/C15H25NS/c1-4-7-16-15(13-6-5-11(2)8-13)14-9-12(3)17-10-14/h9-11,13,15-16H,4-8H2,1-3H3. The van der Waals surface area contributed by atoms with Gasteiger partial charge in [0.15, 0.2) is 0 Å². The van der Waals surface area contributed by atoms with Gasteiger partial charge in [0.25, 0.3) is 0 Å². The van der Waals surface area contributed by atoms with Crippen molar-refractivity contribution in [1.82, 2.24) is 5.32 Å². The zero-order valence-corrected chi connectivity index (χ0v) is 12.1. The third kappa shape index (κ3) is 3.32. The summed E-state index contributed by atoms with van der Waals surface area (Å²) in [6.45, 7) is 8.00. The maximum Gasteiger partial charge on any atom is 0.0357 e. The van der Waals surface area contributed by atoms with Crippen LogP contribution in [0.25, 0.3) is 0 Å². The summed E-state index contributed by atoms with van der Waals surface area (Å²) >= 11 is 1.89. The summed E-state index contributed by atoms with van der Waals surface area (Å²) in [5, 5.41) is 6.12. The normalized spacial score (nSPS) is 26.3. The van der Waals surface area contributed by atoms with Crippen LogP contribution in [0, 0.1) is 18.8 Å². The molecule has 0 amide bonds. The molecule has 1 heterocycles. The molecule has 1 aromatic rings. The number of hydrogen-bond donors (Lipinski definition) is 1. The summed E-state index contributed by atoms with van der Waals surface area (Å²) in [4.78, 5) is 1.44. The third-order valence-corrected chi connectivity index (χ3v) is 4.81. The molecular formula is C15H25NS. The number of thiophene rings is 1. The van der Waals surface area contributed by atoms with Crippen LogP contribution in [0.1, 0.15) is 56.0 Å². The molecule has 2 rings (SSSR count). The molecule has 1 aromatic heterocycles. The van der Waals surface area contributed by atoms with Gasteiger partial charge < -0.3 is 5.32 Å². The van der Waals surface area contributed by atoms with E-state index in [-0.39, 0.29) is 0 Å². The average molecular weight is 251 g/mol. The fourth-order valence-electron chi connectivity index (χ4n) is 3.04. The van der Waals surface area contributed by atoms with Crippen LogP contribution in [0.2, 0.25) is 0 Å². The molecule has 1 saturated carbocycles. The van der Waals surface area contributed by atoms with Crippen molar-refractivity contribution in [1.29, 1.82) is 0 Å². The first-order valence-corrected chi connectivity index (χ1v) is 7.87. The maximum absolute atomic E-state index is 3.77. The van der Waals surface area contributed by atoms with Crippen molar-refractivity contribution in [2.24, 2.45) is 11.8 Å². The minimum Gasteiger partial charge on any atom is -0.310 e. The molecule has 0 bridgehead atoms. The van der Waals surface area contributed by atoms with Gasteiger partial charge in [-0.15, -0.1) is 11.3 Å². The van der Waals surface area contributed by atoms with Crippen LogP contribution in [-0.4, -0.2) is 6.54 Å². The smallest absolute Gasteiger partial charge is 0.0357 e. The van der Waals surface area contributed by atoms with Gasteiger partial charge in [-0.2, -0.15) is 0 Å². The van der Waals surface area contributed by atoms with Gasteiger partial charge in [0.1, 0.15) is 0 Å². The predicted molar refractivity (Wildman–Crippen MR) is 76.6 cm³/mol. The molecule has 0 aromatic carbocycles. The maximum atomic E-state index is 3.77. The van der Waals surface area contributed by atoms with E-state index in [1.54, 1.807) is 0 Å². The lowest BCUT2D eigenvalue weighted by atomic mass is 9.92. The summed E-state index contributed by atoms with van der Waals surface area (Å²) < 4.78 is 0. The number of hydrogen-bond acceptors (Lipinski definition) is 2. The first kappa shape index (κ1) is 13.1. The first-order chi connectivity index (χ1) is 8.20. The van der Waals surface area contributed by atoms with Crippen molar-refractivity contribution in [3.05, 3.63) is 21.9 Å². The van der Waals surface area contributed by atoms with Gasteiger partial charge in [-0.25, -0.2) is 0 Å². The topological polar surface area (TPSA) is 12.0 Å². The second kappa shape index (κ2) is 6.01. The average Bonchev–Trinajstić information content (AvgIpc) is 2.89. The lowest BCUT2D eigenvalue weighted by molar-refractivity contribution is 0.360. The van der Waals surface area contributed by atoms with Crippen molar-refractivity contribution in [2.45, 2.75) is 52.5 Å². The van der Waals surface area contributed by atoms with Crippen molar-refractivity contribution >= 4 is 11.3 Å². The van der Waals surface area contributed by atoms with Crippen LogP contribution >= 0.6 is 11.3 Å². The minimum absolute atomic E-state index is 0.602. The summed E-state index contributed by atoms with van der Waals surface area (Å²) in [6.07, 6.45) is 5.44. The second-order valence-corrected chi connectivity index (χ2v) is 6.72.